The summed E-state index contributed by atoms with van der Waals surface area (Å²) in [5.74, 6) is -1.05. The number of pyridine rings is 1. The van der Waals surface area contributed by atoms with Crippen molar-refractivity contribution in [1.82, 2.24) is 15.0 Å². The zero-order valence-corrected chi connectivity index (χ0v) is 7.66. The van der Waals surface area contributed by atoms with Crippen LogP contribution in [0.15, 0.2) is 36.8 Å². The number of nitrogens with zero attached hydrogens (tertiary/aromatic N) is 3. The molecule has 0 fully saturated rings. The molecule has 0 bridgehead atoms. The minimum absolute atomic E-state index is 0.00171. The summed E-state index contributed by atoms with van der Waals surface area (Å²) in [5.41, 5.74) is 1.06. The summed E-state index contributed by atoms with van der Waals surface area (Å²) >= 11 is 0. The molecule has 2 aromatic rings. The van der Waals surface area contributed by atoms with Gasteiger partial charge in [0.2, 0.25) is 0 Å². The van der Waals surface area contributed by atoms with Crippen LogP contribution in [0.1, 0.15) is 10.5 Å². The normalized spacial score (nSPS) is 9.87. The third-order valence-corrected chi connectivity index (χ3v) is 1.79. The van der Waals surface area contributed by atoms with Crippen LogP contribution >= 0.6 is 0 Å². The standard InChI is InChI=1S/C10H7N3O2/c14-10(15)8-3-1-2-7(13-8)9-6-11-4-5-12-9/h1-6H,(H,14,15). The van der Waals surface area contributed by atoms with E-state index >= 15 is 0 Å². The van der Waals surface area contributed by atoms with E-state index in [9.17, 15) is 4.79 Å². The number of carbonyl (C=O) groups is 1. The van der Waals surface area contributed by atoms with E-state index in [1.54, 1.807) is 18.3 Å². The quantitative estimate of drug-likeness (QED) is 0.790. The predicted octanol–water partition coefficient (Wildman–Crippen LogP) is 1.24. The van der Waals surface area contributed by atoms with Crippen molar-refractivity contribution in [2.24, 2.45) is 0 Å². The average molecular weight is 201 g/mol. The third-order valence-electron chi connectivity index (χ3n) is 1.79. The highest BCUT2D eigenvalue weighted by atomic mass is 16.4. The van der Waals surface area contributed by atoms with E-state index < -0.39 is 5.97 Å². The van der Waals surface area contributed by atoms with Gasteiger partial charge in [-0.3, -0.25) is 9.97 Å². The zero-order valence-electron chi connectivity index (χ0n) is 7.66. The van der Waals surface area contributed by atoms with E-state index in [2.05, 4.69) is 15.0 Å². The van der Waals surface area contributed by atoms with Gasteiger partial charge in [0.05, 0.1) is 11.9 Å². The van der Waals surface area contributed by atoms with Crippen LogP contribution in [0, 0.1) is 0 Å². The van der Waals surface area contributed by atoms with Crippen molar-refractivity contribution in [1.29, 1.82) is 0 Å². The van der Waals surface area contributed by atoms with E-state index in [-0.39, 0.29) is 5.69 Å². The molecule has 5 heteroatoms. The van der Waals surface area contributed by atoms with Crippen molar-refractivity contribution in [3.8, 4) is 11.4 Å². The summed E-state index contributed by atoms with van der Waals surface area (Å²) in [6, 6.07) is 4.75. The largest absolute Gasteiger partial charge is 0.477 e. The van der Waals surface area contributed by atoms with Gasteiger partial charge >= 0.3 is 5.97 Å². The first kappa shape index (κ1) is 9.26. The van der Waals surface area contributed by atoms with Gasteiger partial charge in [-0.1, -0.05) is 6.07 Å². The van der Waals surface area contributed by atoms with Crippen LogP contribution in [0.4, 0.5) is 0 Å². The molecule has 0 saturated heterocycles. The van der Waals surface area contributed by atoms with Crippen molar-refractivity contribution < 1.29 is 9.90 Å². The Morgan fingerprint density at radius 1 is 1.20 bits per heavy atom. The molecule has 0 amide bonds. The Morgan fingerprint density at radius 2 is 2.07 bits per heavy atom. The number of hydrogen-bond donors (Lipinski definition) is 1. The third kappa shape index (κ3) is 1.96. The van der Waals surface area contributed by atoms with Crippen molar-refractivity contribution in [3.63, 3.8) is 0 Å². The first-order valence-electron chi connectivity index (χ1n) is 4.24. The summed E-state index contributed by atoms with van der Waals surface area (Å²) in [7, 11) is 0. The van der Waals surface area contributed by atoms with Gasteiger partial charge in [0.25, 0.3) is 0 Å². The van der Waals surface area contributed by atoms with Crippen LogP contribution in [-0.4, -0.2) is 26.0 Å². The molecule has 15 heavy (non-hydrogen) atoms. The van der Waals surface area contributed by atoms with Gasteiger partial charge in [0.15, 0.2) is 0 Å². The predicted molar refractivity (Wildman–Crippen MR) is 52.2 cm³/mol. The Hall–Kier alpha value is -2.30. The van der Waals surface area contributed by atoms with Gasteiger partial charge in [-0.05, 0) is 12.1 Å². The first-order chi connectivity index (χ1) is 7.27. The maximum absolute atomic E-state index is 10.7. The molecule has 0 unspecified atom stereocenters. The molecule has 0 aliphatic rings. The van der Waals surface area contributed by atoms with E-state index in [1.165, 1.54) is 18.5 Å². The molecule has 74 valence electrons. The topological polar surface area (TPSA) is 76.0 Å². The summed E-state index contributed by atoms with van der Waals surface area (Å²) in [6.07, 6.45) is 4.61. The zero-order chi connectivity index (χ0) is 10.7. The van der Waals surface area contributed by atoms with Crippen LogP contribution in [0.2, 0.25) is 0 Å². The summed E-state index contributed by atoms with van der Waals surface area (Å²) in [5, 5.41) is 8.76. The molecule has 0 spiro atoms. The van der Waals surface area contributed by atoms with E-state index in [0.717, 1.165) is 0 Å². The fraction of sp³-hybridized carbons (Fsp3) is 0. The molecule has 1 N–H and O–H groups in total. The van der Waals surface area contributed by atoms with Crippen molar-refractivity contribution in [2.45, 2.75) is 0 Å². The maximum atomic E-state index is 10.7. The number of aromatic carboxylic acids is 1. The lowest BCUT2D eigenvalue weighted by atomic mass is 10.2. The van der Waals surface area contributed by atoms with Crippen molar-refractivity contribution >= 4 is 5.97 Å². The number of hydrogen-bond acceptors (Lipinski definition) is 4. The van der Waals surface area contributed by atoms with Gasteiger partial charge in [-0.15, -0.1) is 0 Å². The second-order valence-corrected chi connectivity index (χ2v) is 2.80. The van der Waals surface area contributed by atoms with E-state index in [1.807, 2.05) is 0 Å². The molecule has 0 aromatic carbocycles. The van der Waals surface area contributed by atoms with Crippen LogP contribution in [0.5, 0.6) is 0 Å². The van der Waals surface area contributed by atoms with Gasteiger partial charge in [0, 0.05) is 12.4 Å². The average Bonchev–Trinajstić information content (AvgIpc) is 2.30. The van der Waals surface area contributed by atoms with Gasteiger partial charge in [0.1, 0.15) is 11.4 Å². The molecule has 0 aliphatic heterocycles. The van der Waals surface area contributed by atoms with Crippen molar-refractivity contribution in [3.05, 3.63) is 42.5 Å². The Morgan fingerprint density at radius 3 is 2.73 bits per heavy atom. The molecule has 0 atom stereocenters. The van der Waals surface area contributed by atoms with Crippen LogP contribution in [0.3, 0.4) is 0 Å². The summed E-state index contributed by atoms with van der Waals surface area (Å²) in [4.78, 5) is 22.5. The number of carboxylic acids is 1. The molecule has 5 nitrogen and oxygen atoms in total. The van der Waals surface area contributed by atoms with E-state index in [4.69, 9.17) is 5.11 Å². The molecular weight excluding hydrogens is 194 g/mol. The Kier molecular flexibility index (Phi) is 2.37. The van der Waals surface area contributed by atoms with Gasteiger partial charge in [-0.2, -0.15) is 0 Å². The number of rotatable bonds is 2. The smallest absolute Gasteiger partial charge is 0.354 e. The highest BCUT2D eigenvalue weighted by molar-refractivity contribution is 5.85. The SMILES string of the molecule is O=C(O)c1cccc(-c2cnccn2)n1. The second-order valence-electron chi connectivity index (χ2n) is 2.80. The Labute approximate surface area is 85.5 Å². The highest BCUT2D eigenvalue weighted by Gasteiger charge is 2.06. The fourth-order valence-electron chi connectivity index (χ4n) is 1.13. The minimum atomic E-state index is -1.05. The monoisotopic (exact) mass is 201 g/mol. The van der Waals surface area contributed by atoms with Gasteiger partial charge in [-0.25, -0.2) is 9.78 Å². The molecule has 2 rings (SSSR count). The number of aromatic nitrogens is 3. The number of carboxylic acid groups (broad SMARTS) is 1. The lowest BCUT2D eigenvalue weighted by Gasteiger charge is -1.99. The highest BCUT2D eigenvalue weighted by Crippen LogP contribution is 2.12. The molecule has 2 aromatic heterocycles. The van der Waals surface area contributed by atoms with Crippen molar-refractivity contribution in [2.75, 3.05) is 0 Å². The van der Waals surface area contributed by atoms with Gasteiger partial charge < -0.3 is 5.11 Å². The maximum Gasteiger partial charge on any atom is 0.354 e. The lowest BCUT2D eigenvalue weighted by molar-refractivity contribution is 0.0690. The van der Waals surface area contributed by atoms with Crippen LogP contribution < -0.4 is 0 Å². The molecule has 0 radical (unpaired) electrons. The minimum Gasteiger partial charge on any atom is -0.477 e. The molecule has 0 aliphatic carbocycles. The second kappa shape index (κ2) is 3.83. The summed E-state index contributed by atoms with van der Waals surface area (Å²) in [6.45, 7) is 0. The first-order valence-corrected chi connectivity index (χ1v) is 4.24. The molecule has 0 saturated carbocycles. The Bertz CT molecular complexity index is 485. The summed E-state index contributed by atoms with van der Waals surface area (Å²) < 4.78 is 0. The van der Waals surface area contributed by atoms with Crippen LogP contribution in [0.25, 0.3) is 11.4 Å². The molecular formula is C10H7N3O2. The molecule has 2 heterocycles. The van der Waals surface area contributed by atoms with Crippen LogP contribution in [-0.2, 0) is 0 Å². The lowest BCUT2D eigenvalue weighted by Crippen LogP contribution is -2.01. The van der Waals surface area contributed by atoms with E-state index in [0.29, 0.717) is 11.4 Å². The fourth-order valence-corrected chi connectivity index (χ4v) is 1.13. The Balaban J connectivity index is 2.46.